The third-order valence-corrected chi connectivity index (χ3v) is 6.22. The van der Waals surface area contributed by atoms with Gasteiger partial charge < -0.3 is 10.1 Å². The van der Waals surface area contributed by atoms with Crippen molar-refractivity contribution < 1.29 is 4.74 Å². The van der Waals surface area contributed by atoms with Crippen molar-refractivity contribution in [2.75, 3.05) is 25.2 Å². The molecular formula is C16H23BrN2OS. The number of aromatic nitrogens is 1. The van der Waals surface area contributed by atoms with E-state index in [-0.39, 0.29) is 5.60 Å². The fraction of sp³-hybridized carbons (Fsp3) is 0.688. The fourth-order valence-corrected chi connectivity index (χ4v) is 5.33. The van der Waals surface area contributed by atoms with E-state index in [2.05, 4.69) is 51.1 Å². The SMILES string of the molecule is CNC(c1cncc(Br)c1)C1CCOC2(CCSCC2)C1. The highest BCUT2D eigenvalue weighted by Crippen LogP contribution is 2.43. The monoisotopic (exact) mass is 370 g/mol. The first kappa shape index (κ1) is 15.8. The number of ether oxygens (including phenoxy) is 1. The van der Waals surface area contributed by atoms with E-state index >= 15 is 0 Å². The number of thioether (sulfide) groups is 1. The molecule has 1 spiro atoms. The van der Waals surface area contributed by atoms with Gasteiger partial charge in [-0.1, -0.05) is 0 Å². The van der Waals surface area contributed by atoms with Crippen LogP contribution < -0.4 is 5.32 Å². The maximum atomic E-state index is 6.22. The van der Waals surface area contributed by atoms with Crippen LogP contribution in [-0.2, 0) is 4.74 Å². The predicted molar refractivity (Wildman–Crippen MR) is 91.7 cm³/mol. The topological polar surface area (TPSA) is 34.2 Å². The summed E-state index contributed by atoms with van der Waals surface area (Å²) in [5.41, 5.74) is 1.42. The number of pyridine rings is 1. The second kappa shape index (κ2) is 6.99. The van der Waals surface area contributed by atoms with E-state index < -0.39 is 0 Å². The Labute approximate surface area is 139 Å². The van der Waals surface area contributed by atoms with Crippen molar-refractivity contribution in [1.29, 1.82) is 0 Å². The zero-order chi connectivity index (χ0) is 14.7. The summed E-state index contributed by atoms with van der Waals surface area (Å²) in [5.74, 6) is 3.12. The second-order valence-corrected chi connectivity index (χ2v) is 8.24. The summed E-state index contributed by atoms with van der Waals surface area (Å²) >= 11 is 5.60. The summed E-state index contributed by atoms with van der Waals surface area (Å²) in [6, 6.07) is 2.55. The molecular weight excluding hydrogens is 348 g/mol. The zero-order valence-corrected chi connectivity index (χ0v) is 14.9. The van der Waals surface area contributed by atoms with Crippen molar-refractivity contribution in [1.82, 2.24) is 10.3 Å². The van der Waals surface area contributed by atoms with Gasteiger partial charge >= 0.3 is 0 Å². The quantitative estimate of drug-likeness (QED) is 0.877. The average molecular weight is 371 g/mol. The van der Waals surface area contributed by atoms with Gasteiger partial charge in [-0.3, -0.25) is 4.98 Å². The molecule has 0 aliphatic carbocycles. The van der Waals surface area contributed by atoms with Crippen LogP contribution in [0.4, 0.5) is 0 Å². The number of nitrogens with one attached hydrogen (secondary N) is 1. The summed E-state index contributed by atoms with van der Waals surface area (Å²) in [5, 5.41) is 3.52. The average Bonchev–Trinajstić information content (AvgIpc) is 2.49. The number of nitrogens with zero attached hydrogens (tertiary/aromatic N) is 1. The van der Waals surface area contributed by atoms with Crippen LogP contribution in [0, 0.1) is 5.92 Å². The van der Waals surface area contributed by atoms with Crippen molar-refractivity contribution in [3.05, 3.63) is 28.5 Å². The normalized spacial score (nSPS) is 26.7. The maximum Gasteiger partial charge on any atom is 0.0701 e. The van der Waals surface area contributed by atoms with Crippen LogP contribution in [0.15, 0.2) is 22.9 Å². The third kappa shape index (κ3) is 3.63. The molecule has 2 aliphatic rings. The number of rotatable bonds is 3. The second-order valence-electron chi connectivity index (χ2n) is 6.10. The van der Waals surface area contributed by atoms with E-state index in [0.29, 0.717) is 12.0 Å². The van der Waals surface area contributed by atoms with Crippen LogP contribution in [0.1, 0.15) is 37.3 Å². The van der Waals surface area contributed by atoms with Gasteiger partial charge in [0.15, 0.2) is 0 Å². The van der Waals surface area contributed by atoms with Gasteiger partial charge in [-0.2, -0.15) is 11.8 Å². The fourth-order valence-electron chi connectivity index (χ4n) is 3.71. The largest absolute Gasteiger partial charge is 0.375 e. The zero-order valence-electron chi connectivity index (χ0n) is 12.5. The van der Waals surface area contributed by atoms with E-state index in [1.165, 1.54) is 36.3 Å². The standard InChI is InChI=1S/C16H23BrN2OS/c1-18-15(13-8-14(17)11-19-10-13)12-2-5-20-16(9-12)3-6-21-7-4-16/h8,10-12,15,18H,2-7,9H2,1H3. The summed E-state index contributed by atoms with van der Waals surface area (Å²) in [4.78, 5) is 4.33. The minimum Gasteiger partial charge on any atom is -0.375 e. The van der Waals surface area contributed by atoms with Gasteiger partial charge in [0.25, 0.3) is 0 Å². The molecule has 3 rings (SSSR count). The Hall–Kier alpha value is -0.100. The van der Waals surface area contributed by atoms with Crippen LogP contribution in [0.2, 0.25) is 0 Å². The van der Waals surface area contributed by atoms with Gasteiger partial charge in [-0.15, -0.1) is 0 Å². The van der Waals surface area contributed by atoms with Gasteiger partial charge in [0.1, 0.15) is 0 Å². The van der Waals surface area contributed by atoms with Crippen molar-refractivity contribution in [2.24, 2.45) is 5.92 Å². The highest BCUT2D eigenvalue weighted by Gasteiger charge is 2.41. The van der Waals surface area contributed by atoms with Crippen molar-refractivity contribution in [3.8, 4) is 0 Å². The molecule has 5 heteroatoms. The van der Waals surface area contributed by atoms with Gasteiger partial charge in [0.2, 0.25) is 0 Å². The molecule has 2 fully saturated rings. The van der Waals surface area contributed by atoms with E-state index in [9.17, 15) is 0 Å². The van der Waals surface area contributed by atoms with Crippen molar-refractivity contribution in [3.63, 3.8) is 0 Å². The molecule has 21 heavy (non-hydrogen) atoms. The third-order valence-electron chi connectivity index (χ3n) is 4.80. The summed E-state index contributed by atoms with van der Waals surface area (Å²) in [7, 11) is 2.06. The highest BCUT2D eigenvalue weighted by atomic mass is 79.9. The molecule has 2 aliphatic heterocycles. The first-order chi connectivity index (χ1) is 10.2. The van der Waals surface area contributed by atoms with E-state index in [1.54, 1.807) is 0 Å². The number of hydrogen-bond acceptors (Lipinski definition) is 4. The lowest BCUT2D eigenvalue weighted by atomic mass is 9.77. The highest BCUT2D eigenvalue weighted by molar-refractivity contribution is 9.10. The van der Waals surface area contributed by atoms with Crippen LogP contribution in [-0.4, -0.2) is 35.7 Å². The lowest BCUT2D eigenvalue weighted by Gasteiger charge is -2.45. The Morgan fingerprint density at radius 1 is 1.43 bits per heavy atom. The molecule has 0 bridgehead atoms. The molecule has 2 saturated heterocycles. The van der Waals surface area contributed by atoms with Crippen molar-refractivity contribution in [2.45, 2.75) is 37.3 Å². The Kier molecular flexibility index (Phi) is 5.25. The molecule has 0 saturated carbocycles. The lowest BCUT2D eigenvalue weighted by Crippen LogP contribution is -2.45. The molecule has 1 aromatic heterocycles. The smallest absolute Gasteiger partial charge is 0.0701 e. The van der Waals surface area contributed by atoms with E-state index in [4.69, 9.17) is 4.74 Å². The van der Waals surface area contributed by atoms with Crippen LogP contribution in [0.5, 0.6) is 0 Å². The van der Waals surface area contributed by atoms with Crippen molar-refractivity contribution >= 4 is 27.7 Å². The summed E-state index contributed by atoms with van der Waals surface area (Å²) in [6.45, 7) is 0.898. The Bertz CT molecular complexity index is 474. The molecule has 2 atom stereocenters. The minimum absolute atomic E-state index is 0.142. The van der Waals surface area contributed by atoms with E-state index in [1.807, 2.05) is 12.4 Å². The molecule has 1 N–H and O–H groups in total. The van der Waals surface area contributed by atoms with Gasteiger partial charge in [-0.25, -0.2) is 0 Å². The molecule has 3 nitrogen and oxygen atoms in total. The van der Waals surface area contributed by atoms with Crippen LogP contribution in [0.25, 0.3) is 0 Å². The van der Waals surface area contributed by atoms with Crippen LogP contribution >= 0.6 is 27.7 Å². The number of halogens is 1. The molecule has 2 unspecified atom stereocenters. The van der Waals surface area contributed by atoms with Gasteiger partial charge in [-0.05, 0) is 77.7 Å². The Morgan fingerprint density at radius 3 is 2.95 bits per heavy atom. The lowest BCUT2D eigenvalue weighted by molar-refractivity contribution is -0.107. The molecule has 116 valence electrons. The first-order valence-corrected chi connectivity index (χ1v) is 9.67. The molecule has 0 aromatic carbocycles. The summed E-state index contributed by atoms with van der Waals surface area (Å²) in [6.07, 6.45) is 8.56. The first-order valence-electron chi connectivity index (χ1n) is 7.72. The Balaban J connectivity index is 1.77. The van der Waals surface area contributed by atoms with E-state index in [0.717, 1.165) is 17.5 Å². The molecule has 0 radical (unpaired) electrons. The summed E-state index contributed by atoms with van der Waals surface area (Å²) < 4.78 is 7.28. The molecule has 1 aromatic rings. The molecule has 0 amide bonds. The number of hydrogen-bond donors (Lipinski definition) is 1. The predicted octanol–water partition coefficient (Wildman–Crippen LogP) is 3.80. The maximum absolute atomic E-state index is 6.22. The minimum atomic E-state index is 0.142. The Morgan fingerprint density at radius 2 is 2.24 bits per heavy atom. The van der Waals surface area contributed by atoms with Crippen LogP contribution in [0.3, 0.4) is 0 Å². The van der Waals surface area contributed by atoms with Gasteiger partial charge in [0, 0.05) is 29.5 Å². The molecule has 3 heterocycles. The van der Waals surface area contributed by atoms with Gasteiger partial charge in [0.05, 0.1) is 5.60 Å².